The highest BCUT2D eigenvalue weighted by Gasteiger charge is 2.56. The molecule has 3 heterocycles. The highest BCUT2D eigenvalue weighted by Crippen LogP contribution is 2.49. The second-order valence-electron chi connectivity index (χ2n) is 17.5. The van der Waals surface area contributed by atoms with Crippen molar-refractivity contribution in [2.75, 3.05) is 13.2 Å². The van der Waals surface area contributed by atoms with Crippen LogP contribution < -0.4 is 0 Å². The summed E-state index contributed by atoms with van der Waals surface area (Å²) in [5.41, 5.74) is 1.69. The molecular formula is C46H73NO8SSi2. The summed E-state index contributed by atoms with van der Waals surface area (Å²) in [7, 11) is -4.06. The summed E-state index contributed by atoms with van der Waals surface area (Å²) in [5, 5.41) is 12.1. The highest BCUT2D eigenvalue weighted by molar-refractivity contribution is 7.80. The molecule has 0 aliphatic carbocycles. The summed E-state index contributed by atoms with van der Waals surface area (Å²) in [6, 6.07) is 26.3. The zero-order chi connectivity index (χ0) is 42.0. The molecule has 0 bridgehead atoms. The van der Waals surface area contributed by atoms with E-state index < -0.39 is 46.1 Å². The fraction of sp³-hybridized carbons (Fsp3) is 0.696. The molecule has 2 aromatic rings. The number of carbonyl (C=O) groups is 1. The van der Waals surface area contributed by atoms with Crippen LogP contribution in [0.3, 0.4) is 0 Å². The van der Waals surface area contributed by atoms with E-state index in [1.165, 1.54) is 0 Å². The van der Waals surface area contributed by atoms with Crippen LogP contribution in [-0.2, 0) is 45.6 Å². The molecule has 0 unspecified atom stereocenters. The maximum Gasteiger partial charge on any atom is 0.266 e. The Morgan fingerprint density at radius 3 is 2.07 bits per heavy atom. The number of hydrogen-bond acceptors (Lipinski definition) is 9. The minimum atomic E-state index is -2.09. The van der Waals surface area contributed by atoms with Crippen LogP contribution in [0.4, 0.5) is 0 Å². The Morgan fingerprint density at radius 2 is 1.47 bits per heavy atom. The van der Waals surface area contributed by atoms with Crippen molar-refractivity contribution in [2.24, 2.45) is 5.92 Å². The van der Waals surface area contributed by atoms with Gasteiger partial charge in [0, 0.05) is 32.3 Å². The number of nitrogens with zero attached hydrogens (tertiary/aromatic N) is 1. The van der Waals surface area contributed by atoms with Gasteiger partial charge in [-0.1, -0.05) is 109 Å². The van der Waals surface area contributed by atoms with E-state index in [1.807, 2.05) is 48.5 Å². The molecule has 3 fully saturated rings. The molecule has 5 rings (SSSR count). The zero-order valence-electron chi connectivity index (χ0n) is 36.7. The summed E-state index contributed by atoms with van der Waals surface area (Å²) in [5.74, 6) is -1.94. The van der Waals surface area contributed by atoms with Gasteiger partial charge in [0.2, 0.25) is 5.91 Å². The molecule has 0 saturated carbocycles. The number of thiocarbonyl (C=S) groups is 1. The number of amides is 1. The second kappa shape index (κ2) is 21.2. The Kier molecular flexibility index (Phi) is 17.2. The van der Waals surface area contributed by atoms with Crippen molar-refractivity contribution in [1.82, 2.24) is 4.90 Å². The number of ether oxygens (including phenoxy) is 4. The van der Waals surface area contributed by atoms with E-state index in [2.05, 4.69) is 60.6 Å². The molecule has 0 aromatic heterocycles. The summed E-state index contributed by atoms with van der Waals surface area (Å²) in [4.78, 5) is 15.8. The maximum absolute atomic E-state index is 14.2. The second-order valence-corrected chi connectivity index (χ2v) is 27.3. The lowest BCUT2D eigenvalue weighted by atomic mass is 9.80. The normalized spacial score (nSPS) is 27.7. The number of benzene rings is 2. The third-order valence-corrected chi connectivity index (χ3v) is 23.4. The lowest BCUT2D eigenvalue weighted by Gasteiger charge is -2.56. The molecule has 8 atom stereocenters. The van der Waals surface area contributed by atoms with E-state index in [0.29, 0.717) is 51.9 Å². The molecule has 1 N–H and O–H groups in total. The average molecular weight is 856 g/mol. The fourth-order valence-electron chi connectivity index (χ4n) is 9.75. The molecular weight excluding hydrogens is 783 g/mol. The van der Waals surface area contributed by atoms with Gasteiger partial charge in [-0.3, -0.25) is 9.69 Å². The first-order valence-corrected chi connectivity index (χ1v) is 27.8. The van der Waals surface area contributed by atoms with Gasteiger partial charge in [0.05, 0.1) is 48.6 Å². The van der Waals surface area contributed by atoms with E-state index in [9.17, 15) is 9.90 Å². The van der Waals surface area contributed by atoms with Crippen LogP contribution in [0, 0.1) is 5.92 Å². The van der Waals surface area contributed by atoms with E-state index >= 15 is 0 Å². The maximum atomic E-state index is 14.2. The molecule has 3 saturated heterocycles. The lowest BCUT2D eigenvalue weighted by Crippen LogP contribution is -2.62. The van der Waals surface area contributed by atoms with Crippen LogP contribution in [0.5, 0.6) is 0 Å². The predicted octanol–water partition coefficient (Wildman–Crippen LogP) is 9.96. The summed E-state index contributed by atoms with van der Waals surface area (Å²) in [6.45, 7) is 19.1. The van der Waals surface area contributed by atoms with Gasteiger partial charge >= 0.3 is 0 Å². The number of carbonyl (C=O) groups excluding carboxylic acids is 1. The van der Waals surface area contributed by atoms with Crippen LogP contribution in [0.1, 0.15) is 105 Å². The van der Waals surface area contributed by atoms with Gasteiger partial charge in [-0.15, -0.1) is 0 Å². The Bertz CT molecular complexity index is 1570. The van der Waals surface area contributed by atoms with Crippen molar-refractivity contribution >= 4 is 39.9 Å². The summed E-state index contributed by atoms with van der Waals surface area (Å²) >= 11 is 5.55. The largest absolute Gasteiger partial charge is 0.468 e. The van der Waals surface area contributed by atoms with E-state index in [-0.39, 0.29) is 35.8 Å². The molecule has 324 valence electrons. The molecule has 1 amide bonds. The van der Waals surface area contributed by atoms with Crippen LogP contribution in [0.2, 0.25) is 36.3 Å². The SMILES string of the molecule is CC[Si](CC)(CC)O[C@H]1C[C@H](CCOCc2ccccc2)O[C@@]2(C1)C[C@@](C)(O[Si](CC)(CC)CC)C[C@H](C[C@H](O)[C@@H](C)C(=O)N1C(=S)OC[C@@H]1Cc1ccccc1)O2. The van der Waals surface area contributed by atoms with Crippen LogP contribution in [-0.4, -0.2) is 92.8 Å². The standard InChI is InChI=1S/C46H73NO8SSi2/c1-9-57(10-2,11-3)54-41-28-39(25-26-50-32-37-23-19-16-20-24-37)52-46(31-41)34-45(8,55-58(12-4,13-5)14-6)30-40(53-46)29-42(48)35(7)43(49)47-38(33-51-44(47)56)27-36-21-17-15-18-22-36/h15-24,35,38-42,48H,9-14,25-34H2,1-8H3/t35-,38+,39+,40+,41+,42+,45+,46-/m1/s1. The predicted molar refractivity (Wildman–Crippen MR) is 240 cm³/mol. The Morgan fingerprint density at radius 1 is 0.879 bits per heavy atom. The molecule has 3 aliphatic rings. The summed E-state index contributed by atoms with van der Waals surface area (Å²) in [6.07, 6.45) is 2.59. The fourth-order valence-corrected chi connectivity index (χ4v) is 16.1. The minimum Gasteiger partial charge on any atom is -0.468 e. The van der Waals surface area contributed by atoms with Gasteiger partial charge in [-0.25, -0.2) is 0 Å². The Labute approximate surface area is 357 Å². The summed E-state index contributed by atoms with van der Waals surface area (Å²) < 4.78 is 41.1. The first kappa shape index (κ1) is 47.0. The van der Waals surface area contributed by atoms with Crippen LogP contribution in [0.15, 0.2) is 60.7 Å². The van der Waals surface area contributed by atoms with Gasteiger partial charge in [-0.05, 0) is 85.8 Å². The Balaban J connectivity index is 1.40. The van der Waals surface area contributed by atoms with Gasteiger partial charge in [-0.2, -0.15) is 0 Å². The van der Waals surface area contributed by atoms with Crippen LogP contribution >= 0.6 is 12.2 Å². The molecule has 3 aliphatic heterocycles. The van der Waals surface area contributed by atoms with Crippen molar-refractivity contribution in [3.05, 3.63) is 71.8 Å². The van der Waals surface area contributed by atoms with Crippen molar-refractivity contribution in [3.8, 4) is 0 Å². The minimum absolute atomic E-state index is 0.0314. The van der Waals surface area contributed by atoms with Crippen molar-refractivity contribution in [3.63, 3.8) is 0 Å². The van der Waals surface area contributed by atoms with Crippen LogP contribution in [0.25, 0.3) is 0 Å². The topological polar surface area (TPSA) is 95.9 Å². The molecule has 58 heavy (non-hydrogen) atoms. The van der Waals surface area contributed by atoms with Gasteiger partial charge in [0.15, 0.2) is 22.4 Å². The molecule has 0 radical (unpaired) electrons. The van der Waals surface area contributed by atoms with E-state index in [0.717, 1.165) is 53.8 Å². The highest BCUT2D eigenvalue weighted by atomic mass is 32.1. The monoisotopic (exact) mass is 855 g/mol. The lowest BCUT2D eigenvalue weighted by molar-refractivity contribution is -0.350. The molecule has 1 spiro atoms. The average Bonchev–Trinajstić information content (AvgIpc) is 3.59. The number of hydrogen-bond donors (Lipinski definition) is 1. The van der Waals surface area contributed by atoms with Gasteiger partial charge in [0.25, 0.3) is 5.17 Å². The van der Waals surface area contributed by atoms with Crippen molar-refractivity contribution in [2.45, 2.75) is 185 Å². The first-order valence-electron chi connectivity index (χ1n) is 22.3. The van der Waals surface area contributed by atoms with E-state index in [4.69, 9.17) is 40.0 Å². The van der Waals surface area contributed by atoms with E-state index in [1.54, 1.807) is 11.8 Å². The third-order valence-electron chi connectivity index (χ3n) is 13.6. The zero-order valence-corrected chi connectivity index (χ0v) is 39.5. The molecule has 2 aromatic carbocycles. The number of aliphatic hydroxyl groups excluding tert-OH is 1. The third kappa shape index (κ3) is 11.9. The number of aliphatic hydroxyl groups is 1. The van der Waals surface area contributed by atoms with Gasteiger partial charge < -0.3 is 32.9 Å². The molecule has 9 nitrogen and oxygen atoms in total. The number of rotatable bonds is 21. The Hall–Kier alpha value is -2.01. The van der Waals surface area contributed by atoms with Crippen molar-refractivity contribution in [1.29, 1.82) is 0 Å². The van der Waals surface area contributed by atoms with Gasteiger partial charge in [0.1, 0.15) is 6.61 Å². The smallest absolute Gasteiger partial charge is 0.266 e. The van der Waals surface area contributed by atoms with Crippen molar-refractivity contribution < 1.29 is 37.7 Å². The molecule has 12 heteroatoms. The quantitative estimate of drug-likeness (QED) is 0.0748. The first-order chi connectivity index (χ1) is 27.8.